The lowest BCUT2D eigenvalue weighted by atomic mass is 9.88. The Kier molecular flexibility index (Phi) is 8.23. The van der Waals surface area contributed by atoms with Crippen molar-refractivity contribution in [2.24, 2.45) is 11.8 Å². The third-order valence-corrected chi connectivity index (χ3v) is 5.89. The summed E-state index contributed by atoms with van der Waals surface area (Å²) in [5, 5.41) is 6.03. The molecule has 6 nitrogen and oxygen atoms in total. The highest BCUT2D eigenvalue weighted by atomic mass is 16.2. The molecule has 29 heavy (non-hydrogen) atoms. The van der Waals surface area contributed by atoms with Crippen LogP contribution in [0, 0.1) is 18.8 Å². The summed E-state index contributed by atoms with van der Waals surface area (Å²) in [6.45, 7) is 11.1. The molecule has 1 aromatic carbocycles. The van der Waals surface area contributed by atoms with Crippen molar-refractivity contribution in [2.75, 3.05) is 13.1 Å². The molecular formula is C23H35N3O3. The zero-order chi connectivity index (χ0) is 21.6. The molecule has 0 radical (unpaired) electrons. The van der Waals surface area contributed by atoms with Gasteiger partial charge in [-0.1, -0.05) is 38.5 Å². The first-order chi connectivity index (χ1) is 13.7. The summed E-state index contributed by atoms with van der Waals surface area (Å²) in [6.07, 6.45) is 1.90. The molecule has 0 saturated carbocycles. The minimum Gasteiger partial charge on any atom is -0.352 e. The molecule has 1 aromatic rings. The van der Waals surface area contributed by atoms with Crippen LogP contribution in [0.1, 0.15) is 62.9 Å². The van der Waals surface area contributed by atoms with Crippen molar-refractivity contribution in [3.63, 3.8) is 0 Å². The predicted molar refractivity (Wildman–Crippen MR) is 114 cm³/mol. The molecule has 0 aromatic heterocycles. The van der Waals surface area contributed by atoms with Gasteiger partial charge in [-0.2, -0.15) is 0 Å². The number of carbonyl (C=O) groups excluding carboxylic acids is 3. The third kappa shape index (κ3) is 6.31. The molecule has 2 atom stereocenters. The molecule has 0 aliphatic carbocycles. The molecule has 1 fully saturated rings. The summed E-state index contributed by atoms with van der Waals surface area (Å²) in [5.41, 5.74) is 1.55. The minimum atomic E-state index is -0.608. The van der Waals surface area contributed by atoms with Gasteiger partial charge in [-0.15, -0.1) is 0 Å². The first-order valence-corrected chi connectivity index (χ1v) is 10.7. The Morgan fingerprint density at radius 1 is 1.10 bits per heavy atom. The Labute approximate surface area is 174 Å². The minimum absolute atomic E-state index is 0.00373. The van der Waals surface area contributed by atoms with E-state index in [1.165, 1.54) is 0 Å². The van der Waals surface area contributed by atoms with Gasteiger partial charge in [-0.3, -0.25) is 14.4 Å². The molecule has 3 amide bonds. The lowest BCUT2D eigenvalue weighted by molar-refractivity contribution is -0.132. The van der Waals surface area contributed by atoms with Crippen molar-refractivity contribution in [1.82, 2.24) is 15.5 Å². The number of rotatable bonds is 7. The van der Waals surface area contributed by atoms with Crippen molar-refractivity contribution in [3.8, 4) is 0 Å². The largest absolute Gasteiger partial charge is 0.352 e. The van der Waals surface area contributed by atoms with Crippen LogP contribution in [0.15, 0.2) is 24.3 Å². The summed E-state index contributed by atoms with van der Waals surface area (Å²) < 4.78 is 0. The number of amides is 3. The van der Waals surface area contributed by atoms with Gasteiger partial charge in [0.05, 0.1) is 0 Å². The standard InChI is InChI=1S/C23H35N3O3/c1-6-20(27)26-12-10-18(11-13-26)21(23(29)24-17(5)15(2)3)25-22(28)19-9-7-8-16(4)14-19/h7-9,14-15,17-18,21H,6,10-13H2,1-5H3,(H,24,29)(H,25,28)/t17-,21-/m0/s1. The van der Waals surface area contributed by atoms with E-state index < -0.39 is 6.04 Å². The lowest BCUT2D eigenvalue weighted by Crippen LogP contribution is -2.55. The Balaban J connectivity index is 2.14. The fourth-order valence-corrected chi connectivity index (χ4v) is 3.59. The first-order valence-electron chi connectivity index (χ1n) is 10.7. The first kappa shape index (κ1) is 22.9. The number of hydrogen-bond acceptors (Lipinski definition) is 3. The number of benzene rings is 1. The van der Waals surface area contributed by atoms with E-state index >= 15 is 0 Å². The monoisotopic (exact) mass is 401 g/mol. The number of aryl methyl sites for hydroxylation is 1. The zero-order valence-corrected chi connectivity index (χ0v) is 18.3. The van der Waals surface area contributed by atoms with Crippen molar-refractivity contribution < 1.29 is 14.4 Å². The maximum Gasteiger partial charge on any atom is 0.251 e. The zero-order valence-electron chi connectivity index (χ0n) is 18.3. The molecule has 1 saturated heterocycles. The van der Waals surface area contributed by atoms with Gasteiger partial charge < -0.3 is 15.5 Å². The molecule has 1 aliphatic rings. The lowest BCUT2D eigenvalue weighted by Gasteiger charge is -2.36. The number of piperidine rings is 1. The topological polar surface area (TPSA) is 78.5 Å². The molecule has 6 heteroatoms. The van der Waals surface area contributed by atoms with E-state index in [9.17, 15) is 14.4 Å². The molecule has 0 spiro atoms. The van der Waals surface area contributed by atoms with Gasteiger partial charge >= 0.3 is 0 Å². The summed E-state index contributed by atoms with van der Waals surface area (Å²) in [7, 11) is 0. The summed E-state index contributed by atoms with van der Waals surface area (Å²) in [4.78, 5) is 39.7. The number of likely N-dealkylation sites (tertiary alicyclic amines) is 1. The number of nitrogens with zero attached hydrogens (tertiary/aromatic N) is 1. The highest BCUT2D eigenvalue weighted by Gasteiger charge is 2.34. The van der Waals surface area contributed by atoms with Crippen LogP contribution < -0.4 is 10.6 Å². The Hall–Kier alpha value is -2.37. The van der Waals surface area contributed by atoms with Gasteiger partial charge in [0, 0.05) is 31.1 Å². The van der Waals surface area contributed by atoms with Gasteiger partial charge in [0.25, 0.3) is 5.91 Å². The summed E-state index contributed by atoms with van der Waals surface area (Å²) >= 11 is 0. The van der Waals surface area contributed by atoms with E-state index in [1.807, 2.05) is 43.9 Å². The summed E-state index contributed by atoms with van der Waals surface area (Å²) in [6, 6.07) is 6.77. The average molecular weight is 402 g/mol. The molecule has 1 heterocycles. The van der Waals surface area contributed by atoms with E-state index in [0.29, 0.717) is 43.8 Å². The molecular weight excluding hydrogens is 366 g/mol. The molecule has 2 N–H and O–H groups in total. The van der Waals surface area contributed by atoms with Crippen molar-refractivity contribution in [2.45, 2.75) is 66.0 Å². The van der Waals surface area contributed by atoms with Crippen LogP contribution in [0.5, 0.6) is 0 Å². The fraction of sp³-hybridized carbons (Fsp3) is 0.609. The highest BCUT2D eigenvalue weighted by Crippen LogP contribution is 2.22. The van der Waals surface area contributed by atoms with Crippen LogP contribution in [-0.4, -0.2) is 47.8 Å². The van der Waals surface area contributed by atoms with E-state index in [4.69, 9.17) is 0 Å². The van der Waals surface area contributed by atoms with Crippen LogP contribution in [0.3, 0.4) is 0 Å². The second-order valence-corrected chi connectivity index (χ2v) is 8.43. The second kappa shape index (κ2) is 10.4. The number of nitrogens with one attached hydrogen (secondary N) is 2. The maximum atomic E-state index is 13.1. The highest BCUT2D eigenvalue weighted by molar-refractivity contribution is 5.97. The molecule has 2 rings (SSSR count). The summed E-state index contributed by atoms with van der Waals surface area (Å²) in [5.74, 6) is 0.0624. The Morgan fingerprint density at radius 3 is 2.31 bits per heavy atom. The van der Waals surface area contributed by atoms with Crippen LogP contribution in [0.25, 0.3) is 0 Å². The van der Waals surface area contributed by atoms with E-state index in [-0.39, 0.29) is 29.7 Å². The number of carbonyl (C=O) groups is 3. The fourth-order valence-electron chi connectivity index (χ4n) is 3.59. The van der Waals surface area contributed by atoms with Crippen molar-refractivity contribution in [3.05, 3.63) is 35.4 Å². The normalized spacial score (nSPS) is 17.0. The van der Waals surface area contributed by atoms with E-state index in [2.05, 4.69) is 24.5 Å². The van der Waals surface area contributed by atoms with Gasteiger partial charge in [0.2, 0.25) is 11.8 Å². The van der Waals surface area contributed by atoms with Crippen LogP contribution >= 0.6 is 0 Å². The van der Waals surface area contributed by atoms with Gasteiger partial charge in [-0.25, -0.2) is 0 Å². The molecule has 0 unspecified atom stereocenters. The van der Waals surface area contributed by atoms with E-state index in [1.54, 1.807) is 6.07 Å². The van der Waals surface area contributed by atoms with Gasteiger partial charge in [0.1, 0.15) is 6.04 Å². The third-order valence-electron chi connectivity index (χ3n) is 5.89. The van der Waals surface area contributed by atoms with Crippen LogP contribution in [-0.2, 0) is 9.59 Å². The van der Waals surface area contributed by atoms with Crippen molar-refractivity contribution >= 4 is 17.7 Å². The van der Waals surface area contributed by atoms with Crippen molar-refractivity contribution in [1.29, 1.82) is 0 Å². The van der Waals surface area contributed by atoms with Crippen LogP contribution in [0.4, 0.5) is 0 Å². The predicted octanol–water partition coefficient (Wildman–Crippen LogP) is 2.90. The Bertz CT molecular complexity index is 724. The molecule has 0 bridgehead atoms. The van der Waals surface area contributed by atoms with Gasteiger partial charge in [0.15, 0.2) is 0 Å². The maximum absolute atomic E-state index is 13.1. The molecule has 160 valence electrons. The van der Waals surface area contributed by atoms with Gasteiger partial charge in [-0.05, 0) is 50.7 Å². The average Bonchev–Trinajstić information content (AvgIpc) is 2.71. The SMILES string of the molecule is CCC(=O)N1CCC([C@H](NC(=O)c2cccc(C)c2)C(=O)N[C@@H](C)C(C)C)CC1. The molecule has 1 aliphatic heterocycles. The van der Waals surface area contributed by atoms with Crippen LogP contribution in [0.2, 0.25) is 0 Å². The van der Waals surface area contributed by atoms with E-state index in [0.717, 1.165) is 5.56 Å². The number of hydrogen-bond donors (Lipinski definition) is 2. The quantitative estimate of drug-likeness (QED) is 0.737. The smallest absolute Gasteiger partial charge is 0.251 e. The second-order valence-electron chi connectivity index (χ2n) is 8.43. The Morgan fingerprint density at radius 2 is 1.76 bits per heavy atom.